The van der Waals surface area contributed by atoms with E-state index in [0.29, 0.717) is 12.1 Å². The topological polar surface area (TPSA) is 31.1 Å². The van der Waals surface area contributed by atoms with E-state index in [4.69, 9.17) is 0 Å². The highest BCUT2D eigenvalue weighted by molar-refractivity contribution is 5.86. The van der Waals surface area contributed by atoms with Crippen LogP contribution in [0, 0.1) is 25.5 Å². The van der Waals surface area contributed by atoms with E-state index >= 15 is 0 Å². The summed E-state index contributed by atoms with van der Waals surface area (Å²) in [5.74, 6) is -0.916. The fraction of sp³-hybridized carbons (Fsp3) is 0.417. The van der Waals surface area contributed by atoms with Gasteiger partial charge < -0.3 is 10.3 Å². The molecule has 2 aliphatic rings. The minimum atomic E-state index is -0.458. The molecular formula is C24H27F2N3. The Kier molecular flexibility index (Phi) is 4.48. The smallest absolute Gasteiger partial charge is 0.129 e. The number of hydrogen-bond acceptors (Lipinski definition) is 2. The number of benzene rings is 2. The van der Waals surface area contributed by atoms with Crippen molar-refractivity contribution in [3.63, 3.8) is 0 Å². The molecule has 2 aliphatic heterocycles. The van der Waals surface area contributed by atoms with Crippen LogP contribution in [0.1, 0.15) is 40.8 Å². The van der Waals surface area contributed by atoms with Crippen LogP contribution in [-0.4, -0.2) is 29.5 Å². The lowest BCUT2D eigenvalue weighted by Crippen LogP contribution is -2.54. The van der Waals surface area contributed by atoms with E-state index in [1.807, 2.05) is 0 Å². The number of aryl methyl sites for hydroxylation is 1. The van der Waals surface area contributed by atoms with Gasteiger partial charge in [-0.2, -0.15) is 0 Å². The minimum absolute atomic E-state index is 0.0270. The van der Waals surface area contributed by atoms with Gasteiger partial charge in [0.1, 0.15) is 11.6 Å². The van der Waals surface area contributed by atoms with Crippen LogP contribution >= 0.6 is 0 Å². The number of rotatable bonds is 2. The van der Waals surface area contributed by atoms with Crippen LogP contribution in [0.25, 0.3) is 10.9 Å². The first-order valence-electron chi connectivity index (χ1n) is 10.5. The second kappa shape index (κ2) is 6.92. The van der Waals surface area contributed by atoms with E-state index in [-0.39, 0.29) is 11.1 Å². The molecule has 0 radical (unpaired) electrons. The predicted molar refractivity (Wildman–Crippen MR) is 112 cm³/mol. The molecule has 1 fully saturated rings. The Morgan fingerprint density at radius 3 is 2.48 bits per heavy atom. The van der Waals surface area contributed by atoms with Gasteiger partial charge in [0.2, 0.25) is 0 Å². The summed E-state index contributed by atoms with van der Waals surface area (Å²) in [5.41, 5.74) is 6.09. The minimum Gasteiger partial charge on any atom is -0.357 e. The number of aromatic nitrogens is 1. The van der Waals surface area contributed by atoms with Gasteiger partial charge in [-0.05, 0) is 68.5 Å². The Bertz CT molecular complexity index is 1050. The molecule has 1 saturated heterocycles. The summed E-state index contributed by atoms with van der Waals surface area (Å²) in [6.07, 6.45) is 3.03. The molecule has 0 aliphatic carbocycles. The molecule has 5 rings (SSSR count). The molecule has 5 heteroatoms. The normalized spacial score (nSPS) is 19.0. The first-order valence-corrected chi connectivity index (χ1v) is 10.5. The van der Waals surface area contributed by atoms with Gasteiger partial charge in [0.15, 0.2) is 0 Å². The number of likely N-dealkylation sites (tertiary alicyclic amines) is 1. The third kappa shape index (κ3) is 3.17. The van der Waals surface area contributed by atoms with Crippen molar-refractivity contribution in [2.45, 2.75) is 45.2 Å². The second-order valence-electron chi connectivity index (χ2n) is 8.75. The van der Waals surface area contributed by atoms with Crippen molar-refractivity contribution in [2.24, 2.45) is 0 Å². The summed E-state index contributed by atoms with van der Waals surface area (Å²) in [7, 11) is 0. The van der Waals surface area contributed by atoms with Gasteiger partial charge in [-0.1, -0.05) is 11.6 Å². The Labute approximate surface area is 170 Å². The SMILES string of the molecule is Cc1ccc2[nH]c3c(c2c1)CCNC31CCN(Cc2cc(F)c(C)c(F)c2)CC1. The summed E-state index contributed by atoms with van der Waals surface area (Å²) in [6.45, 7) is 7.00. The highest BCUT2D eigenvalue weighted by Gasteiger charge is 2.41. The lowest BCUT2D eigenvalue weighted by Gasteiger charge is -2.45. The Morgan fingerprint density at radius 1 is 1.03 bits per heavy atom. The number of halogens is 2. The van der Waals surface area contributed by atoms with E-state index in [0.717, 1.165) is 38.9 Å². The fourth-order valence-electron chi connectivity index (χ4n) is 5.11. The molecule has 0 bridgehead atoms. The average molecular weight is 395 g/mol. The molecule has 0 atom stereocenters. The zero-order chi connectivity index (χ0) is 20.2. The largest absolute Gasteiger partial charge is 0.357 e. The molecule has 152 valence electrons. The number of hydrogen-bond donors (Lipinski definition) is 2. The summed E-state index contributed by atoms with van der Waals surface area (Å²) in [4.78, 5) is 6.01. The molecule has 29 heavy (non-hydrogen) atoms. The average Bonchev–Trinajstić information content (AvgIpc) is 3.07. The second-order valence-corrected chi connectivity index (χ2v) is 8.75. The van der Waals surface area contributed by atoms with Gasteiger partial charge in [-0.15, -0.1) is 0 Å². The van der Waals surface area contributed by atoms with Crippen LogP contribution in [-0.2, 0) is 18.5 Å². The summed E-state index contributed by atoms with van der Waals surface area (Å²) < 4.78 is 27.8. The van der Waals surface area contributed by atoms with Crippen molar-refractivity contribution >= 4 is 10.9 Å². The van der Waals surface area contributed by atoms with Gasteiger partial charge in [0, 0.05) is 48.3 Å². The highest BCUT2D eigenvalue weighted by atomic mass is 19.1. The lowest BCUT2D eigenvalue weighted by molar-refractivity contribution is 0.121. The number of H-pyrrole nitrogens is 1. The predicted octanol–water partition coefficient (Wildman–Crippen LogP) is 4.70. The fourth-order valence-corrected chi connectivity index (χ4v) is 5.11. The quantitative estimate of drug-likeness (QED) is 0.659. The van der Waals surface area contributed by atoms with Crippen molar-refractivity contribution in [2.75, 3.05) is 19.6 Å². The zero-order valence-corrected chi connectivity index (χ0v) is 17.0. The first kappa shape index (κ1) is 18.8. The number of aromatic amines is 1. The van der Waals surface area contributed by atoms with Crippen LogP contribution < -0.4 is 5.32 Å². The van der Waals surface area contributed by atoms with Crippen molar-refractivity contribution in [1.29, 1.82) is 0 Å². The van der Waals surface area contributed by atoms with Crippen molar-refractivity contribution in [3.05, 3.63) is 69.9 Å². The standard InChI is InChI=1S/C24H27F2N3/c1-15-3-4-22-19(11-15)18-5-8-27-24(23(18)28-22)6-9-29(10-7-24)14-17-12-20(25)16(2)21(26)13-17/h3-4,11-13,27-28H,5-10,14H2,1-2H3. The Balaban J connectivity index is 1.37. The summed E-state index contributed by atoms with van der Waals surface area (Å²) in [6, 6.07) is 9.58. The van der Waals surface area contributed by atoms with Crippen molar-refractivity contribution in [1.82, 2.24) is 15.2 Å². The zero-order valence-electron chi connectivity index (χ0n) is 17.0. The lowest BCUT2D eigenvalue weighted by atomic mass is 9.79. The third-order valence-electron chi connectivity index (χ3n) is 6.84. The maximum atomic E-state index is 13.9. The first-order chi connectivity index (χ1) is 13.9. The van der Waals surface area contributed by atoms with Gasteiger partial charge in [-0.3, -0.25) is 4.90 Å². The number of piperidine rings is 1. The van der Waals surface area contributed by atoms with E-state index in [9.17, 15) is 8.78 Å². The molecular weight excluding hydrogens is 368 g/mol. The molecule has 1 aromatic heterocycles. The van der Waals surface area contributed by atoms with Crippen LogP contribution in [0.4, 0.5) is 8.78 Å². The van der Waals surface area contributed by atoms with E-state index in [2.05, 4.69) is 40.3 Å². The molecule has 2 N–H and O–H groups in total. The van der Waals surface area contributed by atoms with Crippen LogP contribution in [0.5, 0.6) is 0 Å². The molecule has 0 saturated carbocycles. The van der Waals surface area contributed by atoms with E-state index in [1.165, 1.54) is 46.8 Å². The van der Waals surface area contributed by atoms with Crippen LogP contribution in [0.2, 0.25) is 0 Å². The number of fused-ring (bicyclic) bond motifs is 4. The van der Waals surface area contributed by atoms with E-state index in [1.54, 1.807) is 0 Å². The third-order valence-corrected chi connectivity index (χ3v) is 6.84. The van der Waals surface area contributed by atoms with Crippen LogP contribution in [0.3, 0.4) is 0 Å². The number of nitrogens with zero attached hydrogens (tertiary/aromatic N) is 1. The van der Waals surface area contributed by atoms with Crippen molar-refractivity contribution in [3.8, 4) is 0 Å². The summed E-state index contributed by atoms with van der Waals surface area (Å²) >= 11 is 0. The van der Waals surface area contributed by atoms with Gasteiger partial charge in [-0.25, -0.2) is 8.78 Å². The maximum absolute atomic E-state index is 13.9. The Hall–Kier alpha value is -2.24. The van der Waals surface area contributed by atoms with Gasteiger partial charge in [0.25, 0.3) is 0 Å². The van der Waals surface area contributed by atoms with E-state index < -0.39 is 11.6 Å². The summed E-state index contributed by atoms with van der Waals surface area (Å²) in [5, 5.41) is 5.15. The van der Waals surface area contributed by atoms with Gasteiger partial charge in [0.05, 0.1) is 5.54 Å². The number of nitrogens with one attached hydrogen (secondary N) is 2. The monoisotopic (exact) mass is 395 g/mol. The molecule has 0 amide bonds. The van der Waals surface area contributed by atoms with Crippen LogP contribution in [0.15, 0.2) is 30.3 Å². The highest BCUT2D eigenvalue weighted by Crippen LogP contribution is 2.40. The van der Waals surface area contributed by atoms with Crippen molar-refractivity contribution < 1.29 is 8.78 Å². The molecule has 0 unspecified atom stereocenters. The maximum Gasteiger partial charge on any atom is 0.129 e. The molecule has 1 spiro atoms. The molecule has 2 aromatic carbocycles. The Morgan fingerprint density at radius 2 is 1.76 bits per heavy atom. The molecule has 3 nitrogen and oxygen atoms in total. The van der Waals surface area contributed by atoms with Gasteiger partial charge >= 0.3 is 0 Å². The molecule has 3 aromatic rings. The molecule has 3 heterocycles.